The molecule has 1 rings (SSSR count). The molecule has 6 nitrogen and oxygen atoms in total. The molecule has 1 aromatic rings. The number of benzene rings is 1. The largest absolute Gasteiger partial charge is 0.478 e. The number of hydrogen-bond acceptors (Lipinski definition) is 4. The van der Waals surface area contributed by atoms with Gasteiger partial charge in [0.2, 0.25) is 5.91 Å². The Morgan fingerprint density at radius 1 is 1.35 bits per heavy atom. The van der Waals surface area contributed by atoms with Crippen molar-refractivity contribution >= 4 is 21.7 Å². The van der Waals surface area contributed by atoms with Crippen LogP contribution >= 0.6 is 0 Å². The molecular formula is C12H14FNO5S. The van der Waals surface area contributed by atoms with Gasteiger partial charge in [0.1, 0.15) is 5.82 Å². The average molecular weight is 303 g/mol. The maximum absolute atomic E-state index is 13.2. The summed E-state index contributed by atoms with van der Waals surface area (Å²) >= 11 is 0. The van der Waals surface area contributed by atoms with E-state index in [4.69, 9.17) is 5.11 Å². The second-order valence-corrected chi connectivity index (χ2v) is 6.08. The van der Waals surface area contributed by atoms with Crippen LogP contribution in [0.5, 0.6) is 0 Å². The summed E-state index contributed by atoms with van der Waals surface area (Å²) in [5, 5.41) is 11.2. The molecule has 0 heterocycles. The fourth-order valence-electron chi connectivity index (χ4n) is 1.49. The van der Waals surface area contributed by atoms with Gasteiger partial charge < -0.3 is 10.4 Å². The van der Waals surface area contributed by atoms with Crippen molar-refractivity contribution in [2.24, 2.45) is 0 Å². The molecule has 0 aliphatic heterocycles. The van der Waals surface area contributed by atoms with E-state index < -0.39 is 38.8 Å². The summed E-state index contributed by atoms with van der Waals surface area (Å²) in [6.45, 7) is 2.09. The van der Waals surface area contributed by atoms with Gasteiger partial charge in [0.25, 0.3) is 0 Å². The predicted octanol–water partition coefficient (Wildman–Crippen LogP) is 0.824. The number of carboxylic acids is 1. The van der Waals surface area contributed by atoms with E-state index >= 15 is 0 Å². The van der Waals surface area contributed by atoms with E-state index in [1.807, 2.05) is 0 Å². The molecule has 1 aromatic carbocycles. The highest BCUT2D eigenvalue weighted by Gasteiger charge is 2.20. The molecule has 0 aromatic heterocycles. The quantitative estimate of drug-likeness (QED) is 0.758. The lowest BCUT2D eigenvalue weighted by Gasteiger charge is -2.06. The third-order valence-corrected chi connectivity index (χ3v) is 4.21. The first-order valence-electron chi connectivity index (χ1n) is 5.80. The molecule has 0 spiro atoms. The van der Waals surface area contributed by atoms with Crippen molar-refractivity contribution < 1.29 is 27.5 Å². The molecule has 0 saturated heterocycles. The molecule has 0 fully saturated rings. The predicted molar refractivity (Wildman–Crippen MR) is 68.7 cm³/mol. The van der Waals surface area contributed by atoms with Gasteiger partial charge in [-0.15, -0.1) is 0 Å². The van der Waals surface area contributed by atoms with Gasteiger partial charge in [-0.2, -0.15) is 0 Å². The van der Waals surface area contributed by atoms with Gasteiger partial charge in [-0.3, -0.25) is 4.79 Å². The standard InChI is InChI=1S/C12H14FNO5S/c1-2-14-11(15)5-6-20(18,19)8-3-4-10(13)9(7-8)12(16)17/h3-4,7H,2,5-6H2,1H3,(H,14,15)(H,16,17). The molecule has 0 bridgehead atoms. The van der Waals surface area contributed by atoms with Crippen LogP contribution in [0.1, 0.15) is 23.7 Å². The van der Waals surface area contributed by atoms with Gasteiger partial charge in [0, 0.05) is 13.0 Å². The van der Waals surface area contributed by atoms with Crippen LogP contribution < -0.4 is 5.32 Å². The number of amides is 1. The summed E-state index contributed by atoms with van der Waals surface area (Å²) in [5.41, 5.74) is -0.718. The number of rotatable bonds is 6. The second kappa shape index (κ2) is 6.47. The molecule has 110 valence electrons. The highest BCUT2D eigenvalue weighted by Crippen LogP contribution is 2.17. The average Bonchev–Trinajstić information content (AvgIpc) is 2.37. The third kappa shape index (κ3) is 4.02. The first-order chi connectivity index (χ1) is 9.27. The normalized spacial score (nSPS) is 11.1. The minimum Gasteiger partial charge on any atom is -0.478 e. The lowest BCUT2D eigenvalue weighted by atomic mass is 10.2. The lowest BCUT2D eigenvalue weighted by molar-refractivity contribution is -0.120. The maximum Gasteiger partial charge on any atom is 0.338 e. The molecule has 0 saturated carbocycles. The number of halogens is 1. The van der Waals surface area contributed by atoms with Crippen LogP contribution in [0, 0.1) is 5.82 Å². The van der Waals surface area contributed by atoms with Gasteiger partial charge in [-0.05, 0) is 25.1 Å². The van der Waals surface area contributed by atoms with Crippen molar-refractivity contribution in [2.45, 2.75) is 18.2 Å². The number of aromatic carboxylic acids is 1. The Kier molecular flexibility index (Phi) is 5.20. The van der Waals surface area contributed by atoms with Gasteiger partial charge in [0.15, 0.2) is 9.84 Å². The maximum atomic E-state index is 13.2. The fraction of sp³-hybridized carbons (Fsp3) is 0.333. The zero-order valence-corrected chi connectivity index (χ0v) is 11.5. The van der Waals surface area contributed by atoms with Crippen molar-refractivity contribution in [2.75, 3.05) is 12.3 Å². The van der Waals surface area contributed by atoms with Gasteiger partial charge in [-0.25, -0.2) is 17.6 Å². The summed E-state index contributed by atoms with van der Waals surface area (Å²) in [7, 11) is -3.84. The summed E-state index contributed by atoms with van der Waals surface area (Å²) in [6, 6.07) is 2.52. The smallest absolute Gasteiger partial charge is 0.338 e. The van der Waals surface area contributed by atoms with E-state index in [0.29, 0.717) is 6.54 Å². The number of carbonyl (C=O) groups excluding carboxylic acids is 1. The van der Waals surface area contributed by atoms with Crippen LogP contribution in [-0.2, 0) is 14.6 Å². The topological polar surface area (TPSA) is 101 Å². The molecule has 0 radical (unpaired) electrons. The Hall–Kier alpha value is -1.96. The first kappa shape index (κ1) is 16.1. The number of carbonyl (C=O) groups is 2. The summed E-state index contributed by atoms with van der Waals surface area (Å²) in [5.74, 6) is -3.45. The Balaban J connectivity index is 2.96. The van der Waals surface area contributed by atoms with Gasteiger partial charge >= 0.3 is 5.97 Å². The van der Waals surface area contributed by atoms with E-state index in [9.17, 15) is 22.4 Å². The van der Waals surface area contributed by atoms with Crippen LogP contribution in [0.3, 0.4) is 0 Å². The van der Waals surface area contributed by atoms with E-state index in [1.165, 1.54) is 0 Å². The number of hydrogen-bond donors (Lipinski definition) is 2. The minimum atomic E-state index is -3.84. The van der Waals surface area contributed by atoms with E-state index in [0.717, 1.165) is 18.2 Å². The number of carboxylic acid groups (broad SMARTS) is 1. The summed E-state index contributed by atoms with van der Waals surface area (Å²) in [4.78, 5) is 21.7. The van der Waals surface area contributed by atoms with E-state index in [2.05, 4.69) is 5.32 Å². The molecule has 0 unspecified atom stereocenters. The van der Waals surface area contributed by atoms with Gasteiger partial charge in [-0.1, -0.05) is 0 Å². The Bertz CT molecular complexity index is 627. The summed E-state index contributed by atoms with van der Waals surface area (Å²) < 4.78 is 37.0. The molecule has 0 aliphatic rings. The molecular weight excluding hydrogens is 289 g/mol. The molecule has 20 heavy (non-hydrogen) atoms. The van der Waals surface area contributed by atoms with Crippen LogP contribution in [0.2, 0.25) is 0 Å². The molecule has 1 amide bonds. The monoisotopic (exact) mass is 303 g/mol. The minimum absolute atomic E-state index is 0.240. The second-order valence-electron chi connectivity index (χ2n) is 3.97. The van der Waals surface area contributed by atoms with Crippen molar-refractivity contribution in [3.8, 4) is 0 Å². The highest BCUT2D eigenvalue weighted by atomic mass is 32.2. The lowest BCUT2D eigenvalue weighted by Crippen LogP contribution is -2.25. The summed E-state index contributed by atoms with van der Waals surface area (Å²) in [6.07, 6.45) is -0.240. The first-order valence-corrected chi connectivity index (χ1v) is 7.45. The third-order valence-electron chi connectivity index (χ3n) is 2.50. The van der Waals surface area contributed by atoms with E-state index in [1.54, 1.807) is 6.92 Å². The van der Waals surface area contributed by atoms with Crippen molar-refractivity contribution in [1.29, 1.82) is 0 Å². The highest BCUT2D eigenvalue weighted by molar-refractivity contribution is 7.91. The Morgan fingerprint density at radius 3 is 2.55 bits per heavy atom. The Labute approximate surface area is 115 Å². The van der Waals surface area contributed by atoms with Gasteiger partial charge in [0.05, 0.1) is 16.2 Å². The zero-order chi connectivity index (χ0) is 15.3. The zero-order valence-electron chi connectivity index (χ0n) is 10.7. The molecule has 8 heteroatoms. The van der Waals surface area contributed by atoms with E-state index in [-0.39, 0.29) is 11.3 Å². The van der Waals surface area contributed by atoms with Crippen LogP contribution in [0.15, 0.2) is 23.1 Å². The number of sulfone groups is 1. The van der Waals surface area contributed by atoms with Crippen molar-refractivity contribution in [3.05, 3.63) is 29.6 Å². The van der Waals surface area contributed by atoms with Crippen LogP contribution in [-0.4, -0.2) is 37.7 Å². The van der Waals surface area contributed by atoms with Crippen molar-refractivity contribution in [1.82, 2.24) is 5.32 Å². The fourth-order valence-corrected chi connectivity index (χ4v) is 2.75. The van der Waals surface area contributed by atoms with Crippen molar-refractivity contribution in [3.63, 3.8) is 0 Å². The Morgan fingerprint density at radius 2 is 2.00 bits per heavy atom. The van der Waals surface area contributed by atoms with Crippen LogP contribution in [0.25, 0.3) is 0 Å². The van der Waals surface area contributed by atoms with Crippen LogP contribution in [0.4, 0.5) is 4.39 Å². The molecule has 0 aliphatic carbocycles. The molecule has 2 N–H and O–H groups in total. The number of nitrogens with one attached hydrogen (secondary N) is 1. The molecule has 0 atom stereocenters. The SMILES string of the molecule is CCNC(=O)CCS(=O)(=O)c1ccc(F)c(C(=O)O)c1.